The van der Waals surface area contributed by atoms with Crippen molar-refractivity contribution in [3.63, 3.8) is 0 Å². The van der Waals surface area contributed by atoms with Crippen LogP contribution in [-0.4, -0.2) is 56.2 Å². The number of nitrogens with zero attached hydrogens (tertiary/aromatic N) is 5. The van der Waals surface area contributed by atoms with Crippen LogP contribution in [0.2, 0.25) is 0 Å². The molecule has 212 valence electrons. The number of aromatic nitrogens is 5. The van der Waals surface area contributed by atoms with E-state index in [0.717, 1.165) is 34.7 Å². The van der Waals surface area contributed by atoms with E-state index in [0.29, 0.717) is 30.7 Å². The zero-order chi connectivity index (χ0) is 28.3. The van der Waals surface area contributed by atoms with E-state index in [-0.39, 0.29) is 23.7 Å². The fraction of sp³-hybridized carbons (Fsp3) is 0.464. The number of methoxy groups -OCH3 is 2. The summed E-state index contributed by atoms with van der Waals surface area (Å²) in [7, 11) is 5.14. The maximum Gasteiger partial charge on any atom is 0.418 e. The highest BCUT2D eigenvalue weighted by molar-refractivity contribution is 5.58. The minimum absolute atomic E-state index is 0.0418. The largest absolute Gasteiger partial charge is 0.418 e. The number of fused-ring (bicyclic) bond motifs is 1. The smallest absolute Gasteiger partial charge is 0.383 e. The van der Waals surface area contributed by atoms with Crippen LogP contribution in [-0.2, 0) is 34.7 Å². The molecule has 9 nitrogen and oxygen atoms in total. The van der Waals surface area contributed by atoms with Crippen LogP contribution in [0.15, 0.2) is 53.8 Å². The predicted molar refractivity (Wildman–Crippen MR) is 140 cm³/mol. The molecule has 4 aromatic rings. The van der Waals surface area contributed by atoms with E-state index in [1.165, 1.54) is 17.0 Å². The number of aryl methyl sites for hydroxylation is 1. The summed E-state index contributed by atoms with van der Waals surface area (Å²) in [5, 5.41) is 11.7. The van der Waals surface area contributed by atoms with Crippen molar-refractivity contribution < 1.29 is 22.6 Å². The van der Waals surface area contributed by atoms with E-state index in [9.17, 15) is 18.0 Å². The standard InChI is InChI=1S/C28H31F3N6O3/c1-35-17-33-34-24(35)27(11-21(12-27)40-3)19-5-4-6-20(10-19)36-15-23-22(28(29,30)31)9-18(14-37(23)25(36)38)13-32-26(7-8-26)16-39-2/h4-6,9-10,14-15,17,21,32H,7-8,11-13,16H2,1-3H3. The van der Waals surface area contributed by atoms with Gasteiger partial charge >= 0.3 is 11.9 Å². The second kappa shape index (κ2) is 9.57. The average Bonchev–Trinajstić information content (AvgIpc) is 3.41. The zero-order valence-corrected chi connectivity index (χ0v) is 22.5. The van der Waals surface area contributed by atoms with Crippen molar-refractivity contribution in [3.8, 4) is 5.69 Å². The van der Waals surface area contributed by atoms with E-state index in [1.54, 1.807) is 26.6 Å². The molecule has 2 aliphatic rings. The fourth-order valence-corrected chi connectivity index (χ4v) is 5.94. The number of nitrogens with one attached hydrogen (secondary N) is 1. The molecule has 6 rings (SSSR count). The van der Waals surface area contributed by atoms with Gasteiger partial charge < -0.3 is 19.4 Å². The van der Waals surface area contributed by atoms with E-state index in [1.807, 2.05) is 29.8 Å². The summed E-state index contributed by atoms with van der Waals surface area (Å²) in [5.41, 5.74) is -0.596. The lowest BCUT2D eigenvalue weighted by Gasteiger charge is -2.46. The molecule has 2 fully saturated rings. The monoisotopic (exact) mass is 556 g/mol. The van der Waals surface area contributed by atoms with Crippen molar-refractivity contribution in [2.24, 2.45) is 7.05 Å². The molecule has 1 N–H and O–H groups in total. The number of hydrogen-bond acceptors (Lipinski definition) is 6. The summed E-state index contributed by atoms with van der Waals surface area (Å²) >= 11 is 0. The van der Waals surface area contributed by atoms with Crippen LogP contribution in [0.1, 0.15) is 48.2 Å². The third kappa shape index (κ3) is 4.43. The lowest BCUT2D eigenvalue weighted by atomic mass is 9.62. The second-order valence-corrected chi connectivity index (χ2v) is 11.0. The third-order valence-electron chi connectivity index (χ3n) is 8.37. The molecular weight excluding hydrogens is 525 g/mol. The molecule has 0 spiro atoms. The Hall–Kier alpha value is -3.48. The van der Waals surface area contributed by atoms with Gasteiger partial charge in [-0.15, -0.1) is 10.2 Å². The molecule has 0 saturated heterocycles. The fourth-order valence-electron chi connectivity index (χ4n) is 5.94. The first kappa shape index (κ1) is 26.7. The molecule has 0 aliphatic heterocycles. The number of halogens is 3. The molecule has 12 heteroatoms. The van der Waals surface area contributed by atoms with Gasteiger partial charge in [-0.2, -0.15) is 13.2 Å². The van der Waals surface area contributed by atoms with Gasteiger partial charge in [-0.3, -0.25) is 8.97 Å². The quantitative estimate of drug-likeness (QED) is 0.339. The van der Waals surface area contributed by atoms with Crippen LogP contribution in [0.3, 0.4) is 0 Å². The lowest BCUT2D eigenvalue weighted by molar-refractivity contribution is -0.136. The van der Waals surface area contributed by atoms with Crippen molar-refractivity contribution in [2.75, 3.05) is 20.8 Å². The SMILES string of the molecule is COCC1(NCc2cc(C(F)(F)F)c3cn(-c4cccc(C5(c6nncn6C)CC(OC)C5)c4)c(=O)n3c2)CC1. The molecule has 2 aliphatic carbocycles. The predicted octanol–water partition coefficient (Wildman–Crippen LogP) is 3.60. The highest BCUT2D eigenvalue weighted by Crippen LogP contribution is 2.49. The Kier molecular flexibility index (Phi) is 6.39. The summed E-state index contributed by atoms with van der Waals surface area (Å²) in [4.78, 5) is 13.6. The van der Waals surface area contributed by atoms with Crippen LogP contribution >= 0.6 is 0 Å². The molecule has 0 bridgehead atoms. The molecule has 1 aromatic carbocycles. The van der Waals surface area contributed by atoms with Gasteiger partial charge in [-0.25, -0.2) is 4.79 Å². The summed E-state index contributed by atoms with van der Waals surface area (Å²) < 4.78 is 57.6. The Labute approximate surface area is 228 Å². The van der Waals surface area contributed by atoms with Crippen molar-refractivity contribution >= 4 is 5.52 Å². The molecular formula is C28H31F3N6O3. The Morgan fingerprint density at radius 1 is 1.15 bits per heavy atom. The lowest BCUT2D eigenvalue weighted by Crippen LogP contribution is -2.48. The minimum atomic E-state index is -4.64. The number of imidazole rings is 1. The number of rotatable bonds is 9. The van der Waals surface area contributed by atoms with Gasteiger partial charge in [0, 0.05) is 45.7 Å². The van der Waals surface area contributed by atoms with Crippen LogP contribution in [0.4, 0.5) is 13.2 Å². The Morgan fingerprint density at radius 3 is 2.55 bits per heavy atom. The Morgan fingerprint density at radius 2 is 1.93 bits per heavy atom. The van der Waals surface area contributed by atoms with Gasteiger partial charge in [-0.05, 0) is 55.0 Å². The van der Waals surface area contributed by atoms with Crippen LogP contribution in [0.25, 0.3) is 11.2 Å². The Bertz CT molecular complexity index is 1610. The van der Waals surface area contributed by atoms with Gasteiger partial charge in [0.15, 0.2) is 0 Å². The first-order valence-electron chi connectivity index (χ1n) is 13.2. The second-order valence-electron chi connectivity index (χ2n) is 11.0. The molecule has 40 heavy (non-hydrogen) atoms. The van der Waals surface area contributed by atoms with E-state index < -0.39 is 22.8 Å². The van der Waals surface area contributed by atoms with Gasteiger partial charge in [-0.1, -0.05) is 12.1 Å². The van der Waals surface area contributed by atoms with Crippen LogP contribution < -0.4 is 11.0 Å². The number of ether oxygens (including phenoxy) is 2. The van der Waals surface area contributed by atoms with E-state index >= 15 is 0 Å². The minimum Gasteiger partial charge on any atom is -0.383 e. The average molecular weight is 557 g/mol. The van der Waals surface area contributed by atoms with E-state index in [4.69, 9.17) is 9.47 Å². The molecule has 0 unspecified atom stereocenters. The molecule has 2 saturated carbocycles. The number of benzene rings is 1. The van der Waals surface area contributed by atoms with Crippen LogP contribution in [0, 0.1) is 0 Å². The van der Waals surface area contributed by atoms with Gasteiger partial charge in [0.1, 0.15) is 12.2 Å². The highest BCUT2D eigenvalue weighted by Gasteiger charge is 2.50. The van der Waals surface area contributed by atoms with Crippen LogP contribution in [0.5, 0.6) is 0 Å². The molecule has 3 aromatic heterocycles. The summed E-state index contributed by atoms with van der Waals surface area (Å²) in [5.74, 6) is 0.769. The topological polar surface area (TPSA) is 87.6 Å². The number of alkyl halides is 3. The first-order valence-corrected chi connectivity index (χ1v) is 13.2. The Balaban J connectivity index is 1.41. The summed E-state index contributed by atoms with van der Waals surface area (Å²) in [6.07, 6.45) is 2.92. The van der Waals surface area contributed by atoms with Crippen molar-refractivity contribution in [2.45, 2.75) is 55.5 Å². The molecule has 0 radical (unpaired) electrons. The first-order chi connectivity index (χ1) is 19.1. The van der Waals surface area contributed by atoms with Crippen molar-refractivity contribution in [3.05, 3.63) is 82.1 Å². The number of pyridine rings is 1. The van der Waals surface area contributed by atoms with Crippen molar-refractivity contribution in [1.82, 2.24) is 29.0 Å². The maximum absolute atomic E-state index is 14.2. The van der Waals surface area contributed by atoms with Crippen molar-refractivity contribution in [1.29, 1.82) is 0 Å². The molecule has 3 heterocycles. The van der Waals surface area contributed by atoms with E-state index in [2.05, 4.69) is 15.5 Å². The summed E-state index contributed by atoms with van der Waals surface area (Å²) in [6, 6.07) is 8.44. The maximum atomic E-state index is 14.2. The number of hydrogen-bond donors (Lipinski definition) is 1. The van der Waals surface area contributed by atoms with Gasteiger partial charge in [0.2, 0.25) is 0 Å². The normalized spacial score (nSPS) is 22.0. The highest BCUT2D eigenvalue weighted by atomic mass is 19.4. The zero-order valence-electron chi connectivity index (χ0n) is 22.5. The van der Waals surface area contributed by atoms with Gasteiger partial charge in [0.25, 0.3) is 0 Å². The van der Waals surface area contributed by atoms with Gasteiger partial charge in [0.05, 0.1) is 34.9 Å². The third-order valence-corrected chi connectivity index (χ3v) is 8.37. The molecule has 0 amide bonds. The summed E-state index contributed by atoms with van der Waals surface area (Å²) in [6.45, 7) is 0.672. The molecule has 0 atom stereocenters.